The second-order valence-electron chi connectivity index (χ2n) is 7.39. The molecule has 144 valence electrons. The topological polar surface area (TPSA) is 83.7 Å². The molecule has 2 atom stereocenters. The predicted octanol–water partition coefficient (Wildman–Crippen LogP) is 2.08. The smallest absolute Gasteiger partial charge is 0.257 e. The summed E-state index contributed by atoms with van der Waals surface area (Å²) in [4.78, 5) is 45.1. The maximum Gasteiger partial charge on any atom is 0.257 e. The fraction of sp³-hybridized carbons (Fsp3) is 0.400. The van der Waals surface area contributed by atoms with Gasteiger partial charge < -0.3 is 9.32 Å². The Morgan fingerprint density at radius 3 is 2.46 bits per heavy atom. The number of carbonyl (C=O) groups is 3. The summed E-state index contributed by atoms with van der Waals surface area (Å²) in [5, 5.41) is 0.466. The predicted molar refractivity (Wildman–Crippen MR) is 102 cm³/mol. The van der Waals surface area contributed by atoms with E-state index in [0.29, 0.717) is 36.7 Å². The number of para-hydroxylation sites is 2. The molecule has 2 unspecified atom stereocenters. The second kappa shape index (κ2) is 6.77. The van der Waals surface area contributed by atoms with Crippen molar-refractivity contribution in [2.75, 3.05) is 18.8 Å². The number of carbonyl (C=O) groups excluding carboxylic acids is 3. The van der Waals surface area contributed by atoms with E-state index in [1.807, 2.05) is 36.4 Å². The van der Waals surface area contributed by atoms with E-state index in [1.165, 1.54) is 16.7 Å². The van der Waals surface area contributed by atoms with E-state index in [-0.39, 0.29) is 41.4 Å². The molecule has 2 fully saturated rings. The third-order valence-corrected chi connectivity index (χ3v) is 6.53. The first-order valence-electron chi connectivity index (χ1n) is 9.40. The fourth-order valence-corrected chi connectivity index (χ4v) is 4.88. The van der Waals surface area contributed by atoms with Crippen molar-refractivity contribution in [1.82, 2.24) is 14.8 Å². The fourth-order valence-electron chi connectivity index (χ4n) is 4.14. The molecule has 0 saturated carbocycles. The van der Waals surface area contributed by atoms with Gasteiger partial charge in [0, 0.05) is 13.1 Å². The van der Waals surface area contributed by atoms with E-state index in [0.717, 1.165) is 5.52 Å². The number of hydrogen-bond acceptors (Lipinski definition) is 6. The van der Waals surface area contributed by atoms with Crippen molar-refractivity contribution < 1.29 is 18.8 Å². The molecule has 7 nitrogen and oxygen atoms in total. The quantitative estimate of drug-likeness (QED) is 0.446. The number of aromatic nitrogens is 1. The van der Waals surface area contributed by atoms with Gasteiger partial charge in [-0.05, 0) is 25.0 Å². The Bertz CT molecular complexity index is 935. The van der Waals surface area contributed by atoms with Crippen LogP contribution in [0.2, 0.25) is 0 Å². The number of fused-ring (bicyclic) bond motifs is 2. The molecule has 0 bridgehead atoms. The zero-order chi connectivity index (χ0) is 19.3. The SMILES string of the molecule is O=C(CSc1nc2ccccc2o1)N1CC(N2C(=O)C3CC=CCC3C2=O)C1. The van der Waals surface area contributed by atoms with E-state index in [1.54, 1.807) is 4.90 Å². The highest BCUT2D eigenvalue weighted by Gasteiger charge is 2.52. The molecule has 1 aromatic carbocycles. The maximum absolute atomic E-state index is 12.6. The average molecular weight is 397 g/mol. The highest BCUT2D eigenvalue weighted by Crippen LogP contribution is 2.37. The number of allylic oxidation sites excluding steroid dienone is 2. The van der Waals surface area contributed by atoms with Gasteiger partial charge in [0.2, 0.25) is 17.7 Å². The van der Waals surface area contributed by atoms with Crippen molar-refractivity contribution >= 4 is 40.6 Å². The number of thioether (sulfide) groups is 1. The van der Waals surface area contributed by atoms with Gasteiger partial charge in [-0.25, -0.2) is 4.98 Å². The normalized spacial score (nSPS) is 24.7. The Hall–Kier alpha value is -2.61. The van der Waals surface area contributed by atoms with Gasteiger partial charge in [-0.2, -0.15) is 0 Å². The van der Waals surface area contributed by atoms with Gasteiger partial charge in [-0.15, -0.1) is 0 Å². The van der Waals surface area contributed by atoms with Crippen molar-refractivity contribution in [3.63, 3.8) is 0 Å². The first-order valence-corrected chi connectivity index (χ1v) is 10.4. The third kappa shape index (κ3) is 2.83. The number of rotatable bonds is 4. The zero-order valence-electron chi connectivity index (χ0n) is 15.1. The molecular formula is C20H19N3O4S. The number of likely N-dealkylation sites (tertiary alicyclic amines) is 2. The summed E-state index contributed by atoms with van der Waals surface area (Å²) >= 11 is 1.26. The number of imide groups is 1. The van der Waals surface area contributed by atoms with Crippen LogP contribution in [0.5, 0.6) is 0 Å². The molecule has 0 radical (unpaired) electrons. The van der Waals surface area contributed by atoms with Gasteiger partial charge >= 0.3 is 0 Å². The van der Waals surface area contributed by atoms with Crippen LogP contribution in [-0.4, -0.2) is 57.4 Å². The summed E-state index contributed by atoms with van der Waals surface area (Å²) in [5.74, 6) is -0.387. The average Bonchev–Trinajstić information content (AvgIpc) is 3.20. The lowest BCUT2D eigenvalue weighted by Crippen LogP contribution is -2.62. The molecular weight excluding hydrogens is 378 g/mol. The second-order valence-corrected chi connectivity index (χ2v) is 8.32. The molecule has 3 amide bonds. The molecule has 1 aromatic heterocycles. The van der Waals surface area contributed by atoms with E-state index in [4.69, 9.17) is 4.42 Å². The number of oxazole rings is 1. The van der Waals surface area contributed by atoms with Crippen molar-refractivity contribution in [3.8, 4) is 0 Å². The summed E-state index contributed by atoms with van der Waals surface area (Å²) in [6, 6.07) is 7.27. The lowest BCUT2D eigenvalue weighted by Gasteiger charge is -2.43. The van der Waals surface area contributed by atoms with Crippen LogP contribution in [0.3, 0.4) is 0 Å². The lowest BCUT2D eigenvalue weighted by molar-refractivity contribution is -0.151. The van der Waals surface area contributed by atoms with Crippen LogP contribution in [0.4, 0.5) is 0 Å². The standard InChI is InChI=1S/C20H19N3O4S/c24-17(11-28-20-21-15-7-3-4-8-16(15)27-20)22-9-12(10-22)23-18(25)13-5-1-2-6-14(13)19(23)26/h1-4,7-8,12-14H,5-6,9-11H2. The first kappa shape index (κ1) is 17.5. The zero-order valence-corrected chi connectivity index (χ0v) is 15.9. The minimum atomic E-state index is -0.211. The lowest BCUT2D eigenvalue weighted by atomic mass is 9.85. The molecule has 2 aromatic rings. The molecule has 3 aliphatic rings. The number of hydrogen-bond donors (Lipinski definition) is 0. The first-order chi connectivity index (χ1) is 13.6. The Morgan fingerprint density at radius 1 is 1.11 bits per heavy atom. The van der Waals surface area contributed by atoms with Crippen molar-refractivity contribution in [3.05, 3.63) is 36.4 Å². The summed E-state index contributed by atoms with van der Waals surface area (Å²) in [6.07, 6.45) is 5.25. The molecule has 28 heavy (non-hydrogen) atoms. The summed E-state index contributed by atoms with van der Waals surface area (Å²) in [6.45, 7) is 0.828. The Labute approximate surface area is 165 Å². The Morgan fingerprint density at radius 2 is 1.79 bits per heavy atom. The van der Waals surface area contributed by atoms with Gasteiger partial charge in [0.05, 0.1) is 23.6 Å². The van der Waals surface area contributed by atoms with Crippen LogP contribution in [0.25, 0.3) is 11.1 Å². The van der Waals surface area contributed by atoms with E-state index in [9.17, 15) is 14.4 Å². The Balaban J connectivity index is 1.16. The van der Waals surface area contributed by atoms with E-state index in [2.05, 4.69) is 4.98 Å². The monoisotopic (exact) mass is 397 g/mol. The van der Waals surface area contributed by atoms with Gasteiger partial charge in [0.15, 0.2) is 5.58 Å². The molecule has 2 saturated heterocycles. The molecule has 2 aliphatic heterocycles. The van der Waals surface area contributed by atoms with Crippen LogP contribution in [0, 0.1) is 11.8 Å². The largest absolute Gasteiger partial charge is 0.431 e. The molecule has 8 heteroatoms. The van der Waals surface area contributed by atoms with Crippen LogP contribution < -0.4 is 0 Å². The van der Waals surface area contributed by atoms with Crippen molar-refractivity contribution in [1.29, 1.82) is 0 Å². The minimum Gasteiger partial charge on any atom is -0.431 e. The molecule has 0 N–H and O–H groups in total. The highest BCUT2D eigenvalue weighted by molar-refractivity contribution is 7.99. The molecule has 1 aliphatic carbocycles. The van der Waals surface area contributed by atoms with Crippen LogP contribution in [0.15, 0.2) is 46.1 Å². The highest BCUT2D eigenvalue weighted by atomic mass is 32.2. The van der Waals surface area contributed by atoms with Gasteiger partial charge in [0.25, 0.3) is 5.22 Å². The molecule has 5 rings (SSSR count). The number of amides is 3. The number of benzene rings is 1. The van der Waals surface area contributed by atoms with Crippen LogP contribution in [-0.2, 0) is 14.4 Å². The van der Waals surface area contributed by atoms with Gasteiger partial charge in [-0.1, -0.05) is 36.0 Å². The summed E-state index contributed by atoms with van der Waals surface area (Å²) in [7, 11) is 0. The Kier molecular flexibility index (Phi) is 4.23. The maximum atomic E-state index is 12.6. The minimum absolute atomic E-state index is 0.0401. The molecule has 0 spiro atoms. The molecule has 3 heterocycles. The van der Waals surface area contributed by atoms with Crippen LogP contribution in [0.1, 0.15) is 12.8 Å². The van der Waals surface area contributed by atoms with E-state index < -0.39 is 0 Å². The van der Waals surface area contributed by atoms with Crippen LogP contribution >= 0.6 is 11.8 Å². The van der Waals surface area contributed by atoms with E-state index >= 15 is 0 Å². The number of nitrogens with zero attached hydrogens (tertiary/aromatic N) is 3. The van der Waals surface area contributed by atoms with Gasteiger partial charge in [-0.3, -0.25) is 19.3 Å². The summed E-state index contributed by atoms with van der Waals surface area (Å²) < 4.78 is 5.61. The van der Waals surface area contributed by atoms with Gasteiger partial charge in [0.1, 0.15) is 5.52 Å². The third-order valence-electron chi connectivity index (χ3n) is 5.72. The van der Waals surface area contributed by atoms with Crippen molar-refractivity contribution in [2.24, 2.45) is 11.8 Å². The van der Waals surface area contributed by atoms with Crippen molar-refractivity contribution in [2.45, 2.75) is 24.1 Å². The summed E-state index contributed by atoms with van der Waals surface area (Å²) in [5.41, 5.74) is 1.46.